The quantitative estimate of drug-likeness (QED) is 0.792. The van der Waals surface area contributed by atoms with Gasteiger partial charge in [0.2, 0.25) is 5.95 Å². The molecule has 0 atom stereocenters. The van der Waals surface area contributed by atoms with Gasteiger partial charge in [-0.05, 0) is 45.8 Å². The summed E-state index contributed by atoms with van der Waals surface area (Å²) in [6.45, 7) is 6.69. The van der Waals surface area contributed by atoms with Crippen LogP contribution in [0.2, 0.25) is 0 Å². The molecule has 1 aromatic heterocycles. The number of rotatable bonds is 6. The van der Waals surface area contributed by atoms with E-state index in [0.717, 1.165) is 30.3 Å². The first-order valence-corrected chi connectivity index (χ1v) is 7.14. The van der Waals surface area contributed by atoms with E-state index in [1.54, 1.807) is 0 Å². The minimum absolute atomic E-state index is 0.732. The second kappa shape index (κ2) is 6.70. The third-order valence-corrected chi connectivity index (χ3v) is 3.50. The van der Waals surface area contributed by atoms with Crippen LogP contribution in [0.4, 0.5) is 11.8 Å². The molecule has 0 unspecified atom stereocenters. The predicted octanol–water partition coefficient (Wildman–Crippen LogP) is 1.75. The molecular weight excluding hydrogens is 238 g/mol. The summed E-state index contributed by atoms with van der Waals surface area (Å²) < 4.78 is 0. The van der Waals surface area contributed by atoms with Crippen molar-refractivity contribution >= 4 is 11.8 Å². The zero-order chi connectivity index (χ0) is 13.7. The van der Waals surface area contributed by atoms with Crippen LogP contribution in [0.5, 0.6) is 0 Å². The van der Waals surface area contributed by atoms with E-state index in [-0.39, 0.29) is 0 Å². The largest absolute Gasteiger partial charge is 0.362 e. The van der Waals surface area contributed by atoms with E-state index < -0.39 is 0 Å². The lowest BCUT2D eigenvalue weighted by Crippen LogP contribution is -2.22. The Morgan fingerprint density at radius 2 is 2.05 bits per heavy atom. The molecule has 0 radical (unpaired) electrons. The molecule has 0 aliphatic carbocycles. The molecule has 1 saturated heterocycles. The Hall–Kier alpha value is -1.36. The summed E-state index contributed by atoms with van der Waals surface area (Å²) in [5.41, 5.74) is 1.10. The number of aryl methyl sites for hydroxylation is 1. The lowest BCUT2D eigenvalue weighted by Gasteiger charge is -2.16. The molecular formula is C14H25N5. The van der Waals surface area contributed by atoms with Crippen molar-refractivity contribution in [1.29, 1.82) is 0 Å². The van der Waals surface area contributed by atoms with E-state index in [1.807, 2.05) is 32.1 Å². The molecule has 5 heteroatoms. The maximum Gasteiger partial charge on any atom is 0.224 e. The van der Waals surface area contributed by atoms with Crippen LogP contribution >= 0.6 is 0 Å². The molecule has 1 aromatic rings. The molecule has 2 rings (SSSR count). The van der Waals surface area contributed by atoms with Gasteiger partial charge < -0.3 is 15.1 Å². The summed E-state index contributed by atoms with van der Waals surface area (Å²) in [5.74, 6) is 1.72. The third-order valence-electron chi connectivity index (χ3n) is 3.50. The highest BCUT2D eigenvalue weighted by atomic mass is 15.2. The van der Waals surface area contributed by atoms with Crippen LogP contribution in [0.15, 0.2) is 6.20 Å². The van der Waals surface area contributed by atoms with Crippen LogP contribution in [0.25, 0.3) is 0 Å². The molecule has 1 fully saturated rings. The number of anilines is 2. The van der Waals surface area contributed by atoms with E-state index in [1.165, 1.54) is 32.5 Å². The number of nitrogens with zero attached hydrogens (tertiary/aromatic N) is 4. The van der Waals surface area contributed by atoms with Crippen LogP contribution in [0, 0.1) is 6.92 Å². The van der Waals surface area contributed by atoms with E-state index >= 15 is 0 Å². The Balaban J connectivity index is 1.77. The smallest absolute Gasteiger partial charge is 0.224 e. The van der Waals surface area contributed by atoms with E-state index in [4.69, 9.17) is 0 Å². The van der Waals surface area contributed by atoms with Crippen LogP contribution in [-0.2, 0) is 0 Å². The number of aromatic nitrogens is 2. The summed E-state index contributed by atoms with van der Waals surface area (Å²) >= 11 is 0. The fourth-order valence-corrected chi connectivity index (χ4v) is 2.48. The Labute approximate surface area is 116 Å². The van der Waals surface area contributed by atoms with Crippen LogP contribution < -0.4 is 10.2 Å². The van der Waals surface area contributed by atoms with E-state index in [9.17, 15) is 0 Å². The van der Waals surface area contributed by atoms with Gasteiger partial charge in [0.25, 0.3) is 0 Å². The van der Waals surface area contributed by atoms with E-state index in [2.05, 4.69) is 20.2 Å². The molecule has 0 spiro atoms. The minimum atomic E-state index is 0.732. The molecule has 1 N–H and O–H groups in total. The normalized spacial score (nSPS) is 15.7. The highest BCUT2D eigenvalue weighted by molar-refractivity contribution is 5.47. The summed E-state index contributed by atoms with van der Waals surface area (Å²) in [6, 6.07) is 0. The van der Waals surface area contributed by atoms with Gasteiger partial charge in [0.15, 0.2) is 0 Å². The molecule has 2 heterocycles. The second-order valence-electron chi connectivity index (χ2n) is 5.42. The summed E-state index contributed by atoms with van der Waals surface area (Å²) in [5, 5.41) is 3.32. The standard InChI is InChI=1S/C14H25N5/c1-12-11-16-14(17-13(12)18(2)3)15-7-6-10-19-8-4-5-9-19/h11H,4-10H2,1-3H3,(H,15,16,17). The average molecular weight is 263 g/mol. The van der Waals surface area contributed by atoms with Gasteiger partial charge in [-0.3, -0.25) is 0 Å². The van der Waals surface area contributed by atoms with Crippen molar-refractivity contribution in [2.75, 3.05) is 50.5 Å². The maximum absolute atomic E-state index is 4.53. The molecule has 1 aliphatic heterocycles. The molecule has 0 aromatic carbocycles. The average Bonchev–Trinajstić information content (AvgIpc) is 2.89. The van der Waals surface area contributed by atoms with Gasteiger partial charge in [-0.1, -0.05) is 0 Å². The topological polar surface area (TPSA) is 44.3 Å². The minimum Gasteiger partial charge on any atom is -0.362 e. The van der Waals surface area contributed by atoms with Gasteiger partial charge in [0.1, 0.15) is 5.82 Å². The fourth-order valence-electron chi connectivity index (χ4n) is 2.48. The molecule has 1 aliphatic rings. The van der Waals surface area contributed by atoms with Crippen LogP contribution in [0.3, 0.4) is 0 Å². The lowest BCUT2D eigenvalue weighted by molar-refractivity contribution is 0.337. The molecule has 0 bridgehead atoms. The number of hydrogen-bond acceptors (Lipinski definition) is 5. The first-order chi connectivity index (χ1) is 9.16. The van der Waals surface area contributed by atoms with Crippen molar-refractivity contribution in [2.45, 2.75) is 26.2 Å². The Morgan fingerprint density at radius 3 is 2.74 bits per heavy atom. The van der Waals surface area contributed by atoms with Gasteiger partial charge in [-0.25, -0.2) is 4.98 Å². The zero-order valence-electron chi connectivity index (χ0n) is 12.3. The van der Waals surface area contributed by atoms with Gasteiger partial charge in [0.05, 0.1) is 0 Å². The SMILES string of the molecule is Cc1cnc(NCCCN2CCCC2)nc1N(C)C. The van der Waals surface area contributed by atoms with Crippen LogP contribution in [0.1, 0.15) is 24.8 Å². The van der Waals surface area contributed by atoms with Crippen molar-refractivity contribution in [1.82, 2.24) is 14.9 Å². The molecule has 0 amide bonds. The maximum atomic E-state index is 4.53. The molecule has 19 heavy (non-hydrogen) atoms. The van der Waals surface area contributed by atoms with E-state index in [0.29, 0.717) is 0 Å². The summed E-state index contributed by atoms with van der Waals surface area (Å²) in [4.78, 5) is 13.4. The first-order valence-electron chi connectivity index (χ1n) is 7.14. The molecule has 0 saturated carbocycles. The van der Waals surface area contributed by atoms with Crippen molar-refractivity contribution < 1.29 is 0 Å². The highest BCUT2D eigenvalue weighted by Gasteiger charge is 2.10. The number of likely N-dealkylation sites (tertiary alicyclic amines) is 1. The second-order valence-corrected chi connectivity index (χ2v) is 5.42. The summed E-state index contributed by atoms with van der Waals surface area (Å²) in [7, 11) is 4.01. The summed E-state index contributed by atoms with van der Waals surface area (Å²) in [6.07, 6.45) is 5.75. The lowest BCUT2D eigenvalue weighted by atomic mass is 10.3. The predicted molar refractivity (Wildman–Crippen MR) is 79.9 cm³/mol. The van der Waals surface area contributed by atoms with Crippen molar-refractivity contribution in [2.24, 2.45) is 0 Å². The zero-order valence-corrected chi connectivity index (χ0v) is 12.3. The number of hydrogen-bond donors (Lipinski definition) is 1. The van der Waals surface area contributed by atoms with Gasteiger partial charge >= 0.3 is 0 Å². The highest BCUT2D eigenvalue weighted by Crippen LogP contribution is 2.15. The molecule has 5 nitrogen and oxygen atoms in total. The van der Waals surface area contributed by atoms with Gasteiger partial charge in [-0.15, -0.1) is 0 Å². The fraction of sp³-hybridized carbons (Fsp3) is 0.714. The van der Waals surface area contributed by atoms with Crippen molar-refractivity contribution in [3.8, 4) is 0 Å². The van der Waals surface area contributed by atoms with Gasteiger partial charge in [0, 0.05) is 32.4 Å². The Bertz CT molecular complexity index is 399. The van der Waals surface area contributed by atoms with Gasteiger partial charge in [-0.2, -0.15) is 4.98 Å². The monoisotopic (exact) mass is 263 g/mol. The van der Waals surface area contributed by atoms with Crippen molar-refractivity contribution in [3.05, 3.63) is 11.8 Å². The van der Waals surface area contributed by atoms with Crippen LogP contribution in [-0.4, -0.2) is 55.1 Å². The first kappa shape index (κ1) is 14.1. The molecule has 106 valence electrons. The van der Waals surface area contributed by atoms with Crippen molar-refractivity contribution in [3.63, 3.8) is 0 Å². The Morgan fingerprint density at radius 1 is 1.32 bits per heavy atom. The Kier molecular flexibility index (Phi) is 4.96. The number of nitrogens with one attached hydrogen (secondary N) is 1. The third kappa shape index (κ3) is 4.06.